The van der Waals surface area contributed by atoms with Crippen molar-refractivity contribution in [3.8, 4) is 0 Å². The number of hydrogen-bond donors (Lipinski definition) is 2. The van der Waals surface area contributed by atoms with Gasteiger partial charge in [-0.1, -0.05) is 11.6 Å². The van der Waals surface area contributed by atoms with E-state index >= 15 is 0 Å². The van der Waals surface area contributed by atoms with Crippen LogP contribution in [0.1, 0.15) is 43.5 Å². The summed E-state index contributed by atoms with van der Waals surface area (Å²) in [5.74, 6) is 0.449. The van der Waals surface area contributed by atoms with Gasteiger partial charge in [0.2, 0.25) is 0 Å². The molecule has 0 aliphatic carbocycles. The average Bonchev–Trinajstić information content (AvgIpc) is 2.46. The largest absolute Gasteiger partial charge is 0.465 e. The molecule has 0 aromatic carbocycles. The van der Waals surface area contributed by atoms with Gasteiger partial charge >= 0.3 is 6.09 Å². The first-order valence-electron chi connectivity index (χ1n) is 7.68. The molecule has 0 unspecified atom stereocenters. The molecule has 2 N–H and O–H groups in total. The maximum Gasteiger partial charge on any atom is 0.405 e. The zero-order valence-electron chi connectivity index (χ0n) is 13.4. The number of nitrogens with one attached hydrogen (secondary N) is 1. The van der Waals surface area contributed by atoms with Gasteiger partial charge in [-0.05, 0) is 45.1 Å². The van der Waals surface area contributed by atoms with Crippen molar-refractivity contribution >= 4 is 29.7 Å². The van der Waals surface area contributed by atoms with E-state index in [0.717, 1.165) is 44.3 Å². The fourth-order valence-corrected chi connectivity index (χ4v) is 3.46. The molecular formula is C16H22ClN3O3. The molecule has 6 nitrogen and oxygen atoms in total. The SMILES string of the molecule is CC(C)(CC1CCN(c2ccnc(Cl)c2C=O)CC1)NC(=O)O. The van der Waals surface area contributed by atoms with Gasteiger partial charge in [-0.3, -0.25) is 4.79 Å². The summed E-state index contributed by atoms with van der Waals surface area (Å²) in [6.45, 7) is 5.44. The van der Waals surface area contributed by atoms with E-state index in [1.54, 1.807) is 6.20 Å². The highest BCUT2D eigenvalue weighted by Crippen LogP contribution is 2.31. The van der Waals surface area contributed by atoms with Crippen LogP contribution in [0.25, 0.3) is 0 Å². The molecule has 2 rings (SSSR count). The Bertz CT molecular complexity index is 584. The number of rotatable bonds is 5. The third-order valence-electron chi connectivity index (χ3n) is 4.24. The van der Waals surface area contributed by atoms with Crippen molar-refractivity contribution < 1.29 is 14.7 Å². The number of amides is 1. The van der Waals surface area contributed by atoms with Gasteiger partial charge in [0.05, 0.1) is 11.3 Å². The van der Waals surface area contributed by atoms with Crippen molar-refractivity contribution in [1.82, 2.24) is 10.3 Å². The number of carbonyl (C=O) groups excluding carboxylic acids is 1. The van der Waals surface area contributed by atoms with E-state index in [2.05, 4.69) is 15.2 Å². The lowest BCUT2D eigenvalue weighted by Gasteiger charge is -2.37. The second-order valence-corrected chi connectivity index (χ2v) is 6.96. The normalized spacial score (nSPS) is 16.2. The molecule has 0 saturated carbocycles. The number of halogens is 1. The van der Waals surface area contributed by atoms with Crippen LogP contribution >= 0.6 is 11.6 Å². The highest BCUT2D eigenvalue weighted by Gasteiger charge is 2.28. The predicted octanol–water partition coefficient (Wildman–Crippen LogP) is 3.20. The summed E-state index contributed by atoms with van der Waals surface area (Å²) in [5, 5.41) is 11.7. The summed E-state index contributed by atoms with van der Waals surface area (Å²) >= 11 is 5.98. The number of anilines is 1. The number of carbonyl (C=O) groups is 2. The van der Waals surface area contributed by atoms with Crippen molar-refractivity contribution in [2.75, 3.05) is 18.0 Å². The topological polar surface area (TPSA) is 82.5 Å². The summed E-state index contributed by atoms with van der Waals surface area (Å²) in [6, 6.07) is 1.81. The summed E-state index contributed by atoms with van der Waals surface area (Å²) in [4.78, 5) is 28.1. The Morgan fingerprint density at radius 2 is 2.17 bits per heavy atom. The van der Waals surface area contributed by atoms with Crippen molar-refractivity contribution in [3.05, 3.63) is 23.0 Å². The third kappa shape index (κ3) is 4.58. The van der Waals surface area contributed by atoms with Crippen LogP contribution in [-0.4, -0.2) is 41.1 Å². The van der Waals surface area contributed by atoms with Crippen molar-refractivity contribution in [3.63, 3.8) is 0 Å². The van der Waals surface area contributed by atoms with Crippen LogP contribution in [0.2, 0.25) is 5.15 Å². The molecule has 1 saturated heterocycles. The summed E-state index contributed by atoms with van der Waals surface area (Å²) < 4.78 is 0. The summed E-state index contributed by atoms with van der Waals surface area (Å²) in [6.07, 6.45) is 4.05. The van der Waals surface area contributed by atoms with Crippen molar-refractivity contribution in [2.45, 2.75) is 38.6 Å². The number of hydrogen-bond acceptors (Lipinski definition) is 4. The molecule has 1 fully saturated rings. The lowest BCUT2D eigenvalue weighted by Crippen LogP contribution is -2.45. The van der Waals surface area contributed by atoms with E-state index in [9.17, 15) is 9.59 Å². The molecule has 0 radical (unpaired) electrons. The van der Waals surface area contributed by atoms with Crippen LogP contribution in [-0.2, 0) is 0 Å². The molecule has 0 spiro atoms. The highest BCUT2D eigenvalue weighted by molar-refractivity contribution is 6.32. The van der Waals surface area contributed by atoms with Gasteiger partial charge in [0.1, 0.15) is 5.15 Å². The minimum atomic E-state index is -0.991. The lowest BCUT2D eigenvalue weighted by atomic mass is 9.84. The molecule has 126 valence electrons. The smallest absolute Gasteiger partial charge is 0.405 e. The van der Waals surface area contributed by atoms with Gasteiger partial charge in [0.15, 0.2) is 6.29 Å². The van der Waals surface area contributed by atoms with Gasteiger partial charge in [-0.25, -0.2) is 9.78 Å². The Labute approximate surface area is 140 Å². The first kappa shape index (κ1) is 17.5. The molecule has 1 aromatic heterocycles. The zero-order chi connectivity index (χ0) is 17.0. The van der Waals surface area contributed by atoms with E-state index in [-0.39, 0.29) is 5.15 Å². The molecular weight excluding hydrogens is 318 g/mol. The van der Waals surface area contributed by atoms with Gasteiger partial charge in [0.25, 0.3) is 0 Å². The Morgan fingerprint density at radius 1 is 1.52 bits per heavy atom. The standard InChI is InChI=1S/C16H22ClN3O3/c1-16(2,19-15(22)23)9-11-4-7-20(8-5-11)13-3-6-18-14(17)12(13)10-21/h3,6,10-11,19H,4-5,7-9H2,1-2H3,(H,22,23). The van der Waals surface area contributed by atoms with E-state index in [0.29, 0.717) is 11.5 Å². The first-order chi connectivity index (χ1) is 10.8. The molecule has 2 heterocycles. The van der Waals surface area contributed by atoms with Crippen molar-refractivity contribution in [1.29, 1.82) is 0 Å². The number of aldehydes is 1. The van der Waals surface area contributed by atoms with Crippen LogP contribution < -0.4 is 10.2 Å². The van der Waals surface area contributed by atoms with Crippen LogP contribution in [0.15, 0.2) is 12.3 Å². The lowest BCUT2D eigenvalue weighted by molar-refractivity contribution is 0.112. The second kappa shape index (κ2) is 7.17. The number of carboxylic acid groups (broad SMARTS) is 1. The fourth-order valence-electron chi connectivity index (χ4n) is 3.26. The molecule has 23 heavy (non-hydrogen) atoms. The van der Waals surface area contributed by atoms with Gasteiger partial charge in [-0.15, -0.1) is 0 Å². The molecule has 1 aliphatic heterocycles. The molecule has 1 amide bonds. The molecule has 7 heteroatoms. The molecule has 1 aromatic rings. The first-order valence-corrected chi connectivity index (χ1v) is 8.06. The van der Waals surface area contributed by atoms with Crippen LogP contribution in [0.4, 0.5) is 10.5 Å². The predicted molar refractivity (Wildman–Crippen MR) is 89.4 cm³/mol. The maximum absolute atomic E-state index is 11.2. The van der Waals surface area contributed by atoms with E-state index < -0.39 is 11.6 Å². The molecule has 0 atom stereocenters. The summed E-state index contributed by atoms with van der Waals surface area (Å²) in [7, 11) is 0. The minimum absolute atomic E-state index is 0.228. The third-order valence-corrected chi connectivity index (χ3v) is 4.54. The monoisotopic (exact) mass is 339 g/mol. The Morgan fingerprint density at radius 3 is 2.74 bits per heavy atom. The number of nitrogens with zero attached hydrogens (tertiary/aromatic N) is 2. The molecule has 1 aliphatic rings. The molecule has 0 bridgehead atoms. The van der Waals surface area contributed by atoms with Gasteiger partial charge < -0.3 is 15.3 Å². The van der Waals surface area contributed by atoms with Crippen LogP contribution in [0, 0.1) is 5.92 Å². The van der Waals surface area contributed by atoms with E-state index in [1.165, 1.54) is 0 Å². The van der Waals surface area contributed by atoms with E-state index in [4.69, 9.17) is 16.7 Å². The second-order valence-electron chi connectivity index (χ2n) is 6.60. The fraction of sp³-hybridized carbons (Fsp3) is 0.562. The summed E-state index contributed by atoms with van der Waals surface area (Å²) in [5.41, 5.74) is 0.814. The Balaban J connectivity index is 1.98. The highest BCUT2D eigenvalue weighted by atomic mass is 35.5. The van der Waals surface area contributed by atoms with Crippen molar-refractivity contribution in [2.24, 2.45) is 5.92 Å². The van der Waals surface area contributed by atoms with Gasteiger partial charge in [-0.2, -0.15) is 0 Å². The number of pyridine rings is 1. The maximum atomic E-state index is 11.2. The Kier molecular flexibility index (Phi) is 5.46. The number of aromatic nitrogens is 1. The quantitative estimate of drug-likeness (QED) is 0.636. The Hall–Kier alpha value is -1.82. The van der Waals surface area contributed by atoms with E-state index in [1.807, 2.05) is 19.9 Å². The average molecular weight is 340 g/mol. The van der Waals surface area contributed by atoms with Crippen LogP contribution in [0.3, 0.4) is 0 Å². The van der Waals surface area contributed by atoms with Crippen LogP contribution in [0.5, 0.6) is 0 Å². The number of piperidine rings is 1. The minimum Gasteiger partial charge on any atom is -0.465 e. The zero-order valence-corrected chi connectivity index (χ0v) is 14.1. The van der Waals surface area contributed by atoms with Gasteiger partial charge in [0, 0.05) is 24.8 Å².